The van der Waals surface area contributed by atoms with E-state index in [-0.39, 0.29) is 0 Å². The average Bonchev–Trinajstić information content (AvgIpc) is 2.70. The van der Waals surface area contributed by atoms with Crippen molar-refractivity contribution in [3.63, 3.8) is 0 Å². The number of nitrogens with two attached hydrogens (primary N) is 1. The van der Waals surface area contributed by atoms with E-state index in [4.69, 9.17) is 10.8 Å². The number of aromatic nitrogens is 3. The molecule has 2 aromatic heterocycles. The number of aliphatic carboxylic acids is 1. The van der Waals surface area contributed by atoms with Crippen molar-refractivity contribution < 1.29 is 9.90 Å². The van der Waals surface area contributed by atoms with Gasteiger partial charge >= 0.3 is 5.97 Å². The third kappa shape index (κ3) is 2.12. The predicted octanol–water partition coefficient (Wildman–Crippen LogP) is 0.937. The fraction of sp³-hybridized carbons (Fsp3) is 0.364. The van der Waals surface area contributed by atoms with Gasteiger partial charge in [0.25, 0.3) is 0 Å². The number of nitrogens with zero attached hydrogens (tertiary/aromatic N) is 3. The fourth-order valence-electron chi connectivity index (χ4n) is 1.50. The molecule has 0 radical (unpaired) electrons. The molecule has 0 spiro atoms. The Morgan fingerprint density at radius 2 is 2.18 bits per heavy atom. The molecule has 0 bridgehead atoms. The van der Waals surface area contributed by atoms with Gasteiger partial charge < -0.3 is 10.8 Å². The highest BCUT2D eigenvalue weighted by molar-refractivity contribution is 5.75. The second-order valence-electron chi connectivity index (χ2n) is 4.23. The molecule has 0 aromatic carbocycles. The lowest BCUT2D eigenvalue weighted by Gasteiger charge is -2.05. The molecule has 2 aromatic rings. The number of fused-ring (bicyclic) bond motifs is 1. The quantitative estimate of drug-likeness (QED) is 0.824. The maximum atomic E-state index is 10.8. The van der Waals surface area contributed by atoms with Gasteiger partial charge in [0.05, 0.1) is 5.69 Å². The maximum Gasteiger partial charge on any atom is 0.325 e. The van der Waals surface area contributed by atoms with Gasteiger partial charge in [0.15, 0.2) is 0 Å². The molecule has 0 saturated heterocycles. The van der Waals surface area contributed by atoms with Crippen LogP contribution in [0.25, 0.3) is 5.78 Å². The van der Waals surface area contributed by atoms with Crippen LogP contribution in [0.2, 0.25) is 0 Å². The van der Waals surface area contributed by atoms with Gasteiger partial charge in [-0.25, -0.2) is 9.97 Å². The molecular weight excluding hydrogens is 220 g/mol. The Morgan fingerprint density at radius 1 is 1.47 bits per heavy atom. The van der Waals surface area contributed by atoms with Crippen LogP contribution in [0, 0.1) is 0 Å². The normalized spacial score (nSPS) is 13.2. The third-order valence-electron chi connectivity index (χ3n) is 2.57. The van der Waals surface area contributed by atoms with E-state index in [0.717, 1.165) is 5.69 Å². The Morgan fingerprint density at radius 3 is 2.76 bits per heavy atom. The molecule has 6 heteroatoms. The molecular formula is C11H14N4O2. The summed E-state index contributed by atoms with van der Waals surface area (Å²) in [6, 6.07) is -1.06. The first-order chi connectivity index (χ1) is 7.99. The van der Waals surface area contributed by atoms with Gasteiger partial charge in [0.1, 0.15) is 6.04 Å². The number of imidazole rings is 1. The Balaban J connectivity index is 2.46. The molecule has 90 valence electrons. The van der Waals surface area contributed by atoms with Gasteiger partial charge in [-0.05, 0) is 5.92 Å². The van der Waals surface area contributed by atoms with Crippen molar-refractivity contribution in [1.82, 2.24) is 14.4 Å². The van der Waals surface area contributed by atoms with Crippen LogP contribution in [-0.2, 0) is 4.79 Å². The van der Waals surface area contributed by atoms with Crippen molar-refractivity contribution in [2.45, 2.75) is 25.8 Å². The van der Waals surface area contributed by atoms with Gasteiger partial charge in [-0.3, -0.25) is 9.20 Å². The summed E-state index contributed by atoms with van der Waals surface area (Å²) in [7, 11) is 0. The van der Waals surface area contributed by atoms with Crippen molar-refractivity contribution in [3.05, 3.63) is 29.8 Å². The maximum absolute atomic E-state index is 10.8. The van der Waals surface area contributed by atoms with Gasteiger partial charge in [-0.2, -0.15) is 0 Å². The summed E-state index contributed by atoms with van der Waals surface area (Å²) in [6.45, 7) is 4.07. The summed E-state index contributed by atoms with van der Waals surface area (Å²) in [5, 5.41) is 8.82. The molecule has 17 heavy (non-hydrogen) atoms. The highest BCUT2D eigenvalue weighted by atomic mass is 16.4. The van der Waals surface area contributed by atoms with Gasteiger partial charge in [-0.15, -0.1) is 0 Å². The summed E-state index contributed by atoms with van der Waals surface area (Å²) in [5.41, 5.74) is 6.89. The number of carbonyl (C=O) groups is 1. The van der Waals surface area contributed by atoms with E-state index in [9.17, 15) is 4.79 Å². The number of hydrogen-bond donors (Lipinski definition) is 2. The molecule has 2 heterocycles. The first kappa shape index (κ1) is 11.5. The molecule has 0 aliphatic heterocycles. The van der Waals surface area contributed by atoms with Crippen molar-refractivity contribution in [2.75, 3.05) is 0 Å². The molecule has 2 rings (SSSR count). The first-order valence-electron chi connectivity index (χ1n) is 5.32. The second kappa shape index (κ2) is 4.14. The van der Waals surface area contributed by atoms with Crippen LogP contribution in [0.4, 0.5) is 0 Å². The lowest BCUT2D eigenvalue weighted by Crippen LogP contribution is -2.21. The molecule has 0 saturated carbocycles. The zero-order valence-corrected chi connectivity index (χ0v) is 9.66. The molecule has 0 aliphatic rings. The third-order valence-corrected chi connectivity index (χ3v) is 2.57. The predicted molar refractivity (Wildman–Crippen MR) is 61.6 cm³/mol. The minimum absolute atomic E-state index is 0.299. The molecule has 3 N–H and O–H groups in total. The van der Waals surface area contributed by atoms with Crippen molar-refractivity contribution in [1.29, 1.82) is 0 Å². The fourth-order valence-corrected chi connectivity index (χ4v) is 1.50. The van der Waals surface area contributed by atoms with E-state index < -0.39 is 12.0 Å². The molecule has 0 fully saturated rings. The van der Waals surface area contributed by atoms with E-state index in [1.807, 2.05) is 20.0 Å². The van der Waals surface area contributed by atoms with E-state index in [1.165, 1.54) is 6.20 Å². The Hall–Kier alpha value is -1.95. The summed E-state index contributed by atoms with van der Waals surface area (Å²) < 4.78 is 1.70. The van der Waals surface area contributed by atoms with E-state index >= 15 is 0 Å². The van der Waals surface area contributed by atoms with Gasteiger partial charge in [-0.1, -0.05) is 13.8 Å². The van der Waals surface area contributed by atoms with Crippen LogP contribution in [-0.4, -0.2) is 25.4 Å². The van der Waals surface area contributed by atoms with E-state index in [1.54, 1.807) is 10.6 Å². The van der Waals surface area contributed by atoms with Gasteiger partial charge in [0.2, 0.25) is 5.78 Å². The van der Waals surface area contributed by atoms with Gasteiger partial charge in [0, 0.05) is 24.2 Å². The van der Waals surface area contributed by atoms with Crippen LogP contribution in [0.15, 0.2) is 18.6 Å². The topological polar surface area (TPSA) is 93.5 Å². The highest BCUT2D eigenvalue weighted by Crippen LogP contribution is 2.15. The van der Waals surface area contributed by atoms with Crippen LogP contribution in [0.1, 0.15) is 37.1 Å². The van der Waals surface area contributed by atoms with Crippen LogP contribution in [0.5, 0.6) is 0 Å². The first-order valence-corrected chi connectivity index (χ1v) is 5.32. The van der Waals surface area contributed by atoms with Crippen LogP contribution in [0.3, 0.4) is 0 Å². The number of carboxylic acid groups (broad SMARTS) is 1. The summed E-state index contributed by atoms with van der Waals surface area (Å²) in [4.78, 5) is 19.2. The summed E-state index contributed by atoms with van der Waals surface area (Å²) in [5.74, 6) is -0.223. The van der Waals surface area contributed by atoms with E-state index in [0.29, 0.717) is 17.3 Å². The molecule has 0 aliphatic carbocycles. The average molecular weight is 234 g/mol. The Kier molecular flexibility index (Phi) is 2.81. The smallest absolute Gasteiger partial charge is 0.325 e. The SMILES string of the molecule is CC(C)c1cn2cc(C(N)C(=O)O)cnc2n1. The summed E-state index contributed by atoms with van der Waals surface area (Å²) in [6.07, 6.45) is 4.94. The number of rotatable bonds is 3. The minimum atomic E-state index is -1.07. The largest absolute Gasteiger partial charge is 0.480 e. The van der Waals surface area contributed by atoms with Crippen molar-refractivity contribution >= 4 is 11.7 Å². The second-order valence-corrected chi connectivity index (χ2v) is 4.23. The van der Waals surface area contributed by atoms with Crippen molar-refractivity contribution in [3.8, 4) is 0 Å². The highest BCUT2D eigenvalue weighted by Gasteiger charge is 2.16. The lowest BCUT2D eigenvalue weighted by atomic mass is 10.1. The lowest BCUT2D eigenvalue weighted by molar-refractivity contribution is -0.138. The number of hydrogen-bond acceptors (Lipinski definition) is 4. The van der Waals surface area contributed by atoms with Crippen molar-refractivity contribution in [2.24, 2.45) is 5.73 Å². The minimum Gasteiger partial charge on any atom is -0.480 e. The van der Waals surface area contributed by atoms with Crippen LogP contribution < -0.4 is 5.73 Å². The zero-order valence-electron chi connectivity index (χ0n) is 9.66. The summed E-state index contributed by atoms with van der Waals surface area (Å²) >= 11 is 0. The molecule has 0 amide bonds. The Labute approximate surface area is 98.1 Å². The molecule has 1 atom stereocenters. The van der Waals surface area contributed by atoms with Crippen LogP contribution >= 0.6 is 0 Å². The molecule has 6 nitrogen and oxygen atoms in total. The standard InChI is InChI=1S/C11H14N4O2/c1-6(2)8-5-15-4-7(9(12)10(16)17)3-13-11(15)14-8/h3-6,9H,12H2,1-2H3,(H,16,17). The monoisotopic (exact) mass is 234 g/mol. The van der Waals surface area contributed by atoms with E-state index in [2.05, 4.69) is 9.97 Å². The Bertz CT molecular complexity index is 562. The molecule has 1 unspecified atom stereocenters. The number of carboxylic acids is 1. The zero-order chi connectivity index (χ0) is 12.6.